The Bertz CT molecular complexity index is 961. The van der Waals surface area contributed by atoms with Crippen molar-refractivity contribution < 1.29 is 18.6 Å². The number of amides is 1. The molecule has 1 aliphatic heterocycles. The van der Waals surface area contributed by atoms with Gasteiger partial charge in [0.1, 0.15) is 12.4 Å². The lowest BCUT2D eigenvalue weighted by Crippen LogP contribution is -2.48. The van der Waals surface area contributed by atoms with Crippen molar-refractivity contribution in [3.8, 4) is 5.75 Å². The van der Waals surface area contributed by atoms with Gasteiger partial charge in [0.2, 0.25) is 0 Å². The van der Waals surface area contributed by atoms with Crippen molar-refractivity contribution in [3.63, 3.8) is 0 Å². The largest absolute Gasteiger partial charge is 0.490 e. The van der Waals surface area contributed by atoms with E-state index in [0.29, 0.717) is 22.6 Å². The van der Waals surface area contributed by atoms with Gasteiger partial charge >= 0.3 is 0 Å². The molecule has 156 valence electrons. The van der Waals surface area contributed by atoms with Gasteiger partial charge in [-0.15, -0.1) is 4.40 Å². The Kier molecular flexibility index (Phi) is 5.69. The molecule has 29 heavy (non-hydrogen) atoms. The number of benzene rings is 1. The highest BCUT2D eigenvalue weighted by atomic mass is 32.3. The topological polar surface area (TPSA) is 142 Å². The number of amidine groups is 1. The summed E-state index contributed by atoms with van der Waals surface area (Å²) in [6, 6.07) is 8.49. The fourth-order valence-electron chi connectivity index (χ4n) is 2.84. The predicted octanol–water partition coefficient (Wildman–Crippen LogP) is 2.94. The summed E-state index contributed by atoms with van der Waals surface area (Å²) in [6.45, 7) is 5.82. The predicted molar refractivity (Wildman–Crippen MR) is 114 cm³/mol. The van der Waals surface area contributed by atoms with Gasteiger partial charge in [-0.3, -0.25) is 23.6 Å². The van der Waals surface area contributed by atoms with E-state index < -0.39 is 16.5 Å². The molecule has 9 nitrogen and oxygen atoms in total. The molecule has 2 aromatic rings. The molecule has 1 amide bonds. The van der Waals surface area contributed by atoms with Crippen LogP contribution >= 0.6 is 11.0 Å². The highest BCUT2D eigenvalue weighted by Crippen LogP contribution is 2.46. The SMILES string of the molecule is CCc1cc(C(=O)NC(C)(C)COc2cccc3c2C(N)=NS(O)(O)N3)ccn1. The molecule has 0 saturated heterocycles. The van der Waals surface area contributed by atoms with Crippen LogP contribution in [0.25, 0.3) is 0 Å². The molecule has 0 saturated carbocycles. The number of nitrogens with zero attached hydrogens (tertiary/aromatic N) is 2. The fraction of sp³-hybridized carbons (Fsp3) is 0.316. The van der Waals surface area contributed by atoms with Crippen LogP contribution in [0.2, 0.25) is 0 Å². The maximum absolute atomic E-state index is 12.6. The third-order valence-electron chi connectivity index (χ3n) is 4.24. The van der Waals surface area contributed by atoms with E-state index in [1.54, 1.807) is 36.5 Å². The smallest absolute Gasteiger partial charge is 0.251 e. The van der Waals surface area contributed by atoms with E-state index in [0.717, 1.165) is 12.1 Å². The molecule has 0 fully saturated rings. The minimum Gasteiger partial charge on any atom is -0.490 e. The van der Waals surface area contributed by atoms with Crippen LogP contribution in [0.1, 0.15) is 42.4 Å². The quantitative estimate of drug-likeness (QED) is 0.484. The molecule has 0 atom stereocenters. The van der Waals surface area contributed by atoms with Crippen molar-refractivity contribution in [1.82, 2.24) is 10.3 Å². The van der Waals surface area contributed by atoms with Crippen molar-refractivity contribution in [2.45, 2.75) is 32.7 Å². The lowest BCUT2D eigenvalue weighted by molar-refractivity contribution is 0.0880. The van der Waals surface area contributed by atoms with Crippen LogP contribution in [-0.2, 0) is 6.42 Å². The Balaban J connectivity index is 1.72. The van der Waals surface area contributed by atoms with E-state index in [4.69, 9.17) is 10.5 Å². The van der Waals surface area contributed by atoms with E-state index in [2.05, 4.69) is 19.4 Å². The zero-order valence-electron chi connectivity index (χ0n) is 16.5. The molecule has 1 aromatic heterocycles. The molecule has 0 unspecified atom stereocenters. The lowest BCUT2D eigenvalue weighted by atomic mass is 10.1. The minimum atomic E-state index is -3.36. The van der Waals surface area contributed by atoms with Gasteiger partial charge in [0.25, 0.3) is 5.91 Å². The molecule has 0 radical (unpaired) electrons. The van der Waals surface area contributed by atoms with E-state index in [9.17, 15) is 13.9 Å². The summed E-state index contributed by atoms with van der Waals surface area (Å²) in [4.78, 5) is 16.8. The number of fused-ring (bicyclic) bond motifs is 1. The summed E-state index contributed by atoms with van der Waals surface area (Å²) in [5, 5.41) is 2.95. The first kappa shape index (κ1) is 20.9. The molecule has 6 N–H and O–H groups in total. The van der Waals surface area contributed by atoms with Gasteiger partial charge < -0.3 is 15.8 Å². The number of pyridine rings is 1. The Labute approximate surface area is 171 Å². The number of anilines is 1. The second-order valence-electron chi connectivity index (χ2n) is 7.29. The average Bonchev–Trinajstić information content (AvgIpc) is 2.64. The van der Waals surface area contributed by atoms with Gasteiger partial charge in [0.05, 0.1) is 16.8 Å². The molecular weight excluding hydrogens is 394 g/mol. The van der Waals surface area contributed by atoms with Gasteiger partial charge in [-0.1, -0.05) is 13.0 Å². The van der Waals surface area contributed by atoms with Gasteiger partial charge in [-0.2, -0.15) is 0 Å². The number of carbonyl (C=O) groups excluding carboxylic acids is 1. The maximum Gasteiger partial charge on any atom is 0.251 e. The minimum absolute atomic E-state index is 0.0277. The van der Waals surface area contributed by atoms with Crippen LogP contribution in [0.15, 0.2) is 40.9 Å². The van der Waals surface area contributed by atoms with E-state index in [1.165, 1.54) is 0 Å². The van der Waals surface area contributed by atoms with Crippen molar-refractivity contribution in [1.29, 1.82) is 0 Å². The van der Waals surface area contributed by atoms with Crippen LogP contribution in [0.4, 0.5) is 5.69 Å². The number of hydrogen-bond donors (Lipinski definition) is 5. The summed E-state index contributed by atoms with van der Waals surface area (Å²) in [5.41, 5.74) is 7.46. The van der Waals surface area contributed by atoms with Gasteiger partial charge in [-0.25, -0.2) is 0 Å². The van der Waals surface area contributed by atoms with E-state index in [1.807, 2.05) is 20.8 Å². The summed E-state index contributed by atoms with van der Waals surface area (Å²) >= 11 is 0. The molecule has 0 spiro atoms. The number of hydrogen-bond acceptors (Lipinski definition) is 8. The number of carbonyl (C=O) groups is 1. The molecule has 1 aromatic carbocycles. The first-order valence-corrected chi connectivity index (χ1v) is 10.6. The molecule has 10 heteroatoms. The first-order valence-electron chi connectivity index (χ1n) is 9.05. The Morgan fingerprint density at radius 2 is 2.10 bits per heavy atom. The fourth-order valence-corrected chi connectivity index (χ4v) is 3.72. The Hall–Kier alpha value is -2.82. The summed E-state index contributed by atoms with van der Waals surface area (Å²) in [5.74, 6) is 0.174. The van der Waals surface area contributed by atoms with Crippen LogP contribution in [-0.4, -0.2) is 38.0 Å². The standard InChI is InChI=1S/C19H25N5O4S/c1-4-13-10-12(8-9-21-13)18(25)22-19(2,3)11-28-15-7-5-6-14-16(15)17(20)24-29(26,27)23-14/h5-10,23,26-27H,4,11H2,1-3H3,(H2,20,24)(H,22,25). The normalized spacial score (nSPS) is 16.1. The number of aromatic nitrogens is 1. The molecule has 0 aliphatic carbocycles. The van der Waals surface area contributed by atoms with E-state index in [-0.39, 0.29) is 18.3 Å². The van der Waals surface area contributed by atoms with Crippen molar-refractivity contribution in [3.05, 3.63) is 53.3 Å². The van der Waals surface area contributed by atoms with Crippen molar-refractivity contribution in [2.75, 3.05) is 11.3 Å². The summed E-state index contributed by atoms with van der Waals surface area (Å²) in [6.07, 6.45) is 2.36. The number of nitrogens with two attached hydrogens (primary N) is 1. The molecule has 1 aliphatic rings. The second-order valence-corrected chi connectivity index (χ2v) is 8.72. The van der Waals surface area contributed by atoms with Crippen LogP contribution in [0, 0.1) is 0 Å². The average molecular weight is 420 g/mol. The number of ether oxygens (including phenoxy) is 1. The third kappa shape index (κ3) is 4.97. The molecular formula is C19H25N5O4S. The number of rotatable bonds is 6. The van der Waals surface area contributed by atoms with Crippen molar-refractivity contribution in [2.24, 2.45) is 10.1 Å². The number of aryl methyl sites for hydroxylation is 1. The lowest BCUT2D eigenvalue weighted by Gasteiger charge is -2.34. The second kappa shape index (κ2) is 7.90. The zero-order valence-corrected chi connectivity index (χ0v) is 17.3. The van der Waals surface area contributed by atoms with Crippen LogP contribution in [0.5, 0.6) is 5.75 Å². The van der Waals surface area contributed by atoms with Crippen molar-refractivity contribution >= 4 is 28.4 Å². The highest BCUT2D eigenvalue weighted by molar-refractivity contribution is 8.24. The molecule has 2 heterocycles. The monoisotopic (exact) mass is 419 g/mol. The first-order chi connectivity index (χ1) is 13.6. The van der Waals surface area contributed by atoms with Gasteiger partial charge in [-0.05, 0) is 55.5 Å². The Morgan fingerprint density at radius 3 is 2.83 bits per heavy atom. The third-order valence-corrected chi connectivity index (χ3v) is 5.18. The highest BCUT2D eigenvalue weighted by Gasteiger charge is 2.27. The zero-order chi connectivity index (χ0) is 21.2. The molecule has 3 rings (SSSR count). The van der Waals surface area contributed by atoms with E-state index >= 15 is 0 Å². The molecule has 0 bridgehead atoms. The number of nitrogens with one attached hydrogen (secondary N) is 2. The van der Waals surface area contributed by atoms with Crippen LogP contribution < -0.4 is 20.5 Å². The maximum atomic E-state index is 12.6. The van der Waals surface area contributed by atoms with Gasteiger partial charge in [0.15, 0.2) is 5.84 Å². The van der Waals surface area contributed by atoms with Crippen LogP contribution in [0.3, 0.4) is 0 Å². The Morgan fingerprint density at radius 1 is 1.34 bits per heavy atom. The van der Waals surface area contributed by atoms with Gasteiger partial charge in [0, 0.05) is 17.5 Å². The summed E-state index contributed by atoms with van der Waals surface area (Å²) < 4.78 is 31.6. The summed E-state index contributed by atoms with van der Waals surface area (Å²) in [7, 11) is -3.36.